The number of ether oxygens (including phenoxy) is 1. The number of benzene rings is 3. The van der Waals surface area contributed by atoms with Crippen molar-refractivity contribution in [3.63, 3.8) is 0 Å². The Bertz CT molecular complexity index is 1120. The molecule has 1 heterocycles. The van der Waals surface area contributed by atoms with E-state index in [0.717, 1.165) is 22.4 Å². The fourth-order valence-electron chi connectivity index (χ4n) is 2.72. The molecule has 4 rings (SSSR count). The van der Waals surface area contributed by atoms with Crippen LogP contribution in [0.1, 0.15) is 21.7 Å². The van der Waals surface area contributed by atoms with E-state index in [2.05, 4.69) is 20.5 Å². The molecule has 1 amide bonds. The van der Waals surface area contributed by atoms with E-state index in [4.69, 9.17) is 4.74 Å². The Morgan fingerprint density at radius 2 is 1.83 bits per heavy atom. The highest BCUT2D eigenvalue weighted by molar-refractivity contribution is 5.95. The van der Waals surface area contributed by atoms with Crippen LogP contribution in [0.5, 0.6) is 11.5 Å². The Balaban J connectivity index is 1.32. The number of aromatic nitrogens is 2. The van der Waals surface area contributed by atoms with Gasteiger partial charge in [-0.25, -0.2) is 10.4 Å². The summed E-state index contributed by atoms with van der Waals surface area (Å²) in [6.45, 7) is 0.303. The quantitative estimate of drug-likeness (QED) is 0.348. The number of rotatable bonds is 6. The van der Waals surface area contributed by atoms with Crippen LogP contribution in [-0.2, 0) is 6.61 Å². The van der Waals surface area contributed by atoms with Gasteiger partial charge in [-0.2, -0.15) is 5.10 Å². The van der Waals surface area contributed by atoms with E-state index in [1.54, 1.807) is 48.5 Å². The molecule has 144 valence electrons. The molecule has 3 aromatic carbocycles. The Kier molecular flexibility index (Phi) is 5.20. The molecule has 0 fully saturated rings. The van der Waals surface area contributed by atoms with Crippen LogP contribution >= 0.6 is 0 Å². The number of H-pyrrole nitrogens is 1. The monoisotopic (exact) mass is 386 g/mol. The van der Waals surface area contributed by atoms with E-state index in [0.29, 0.717) is 17.9 Å². The summed E-state index contributed by atoms with van der Waals surface area (Å²) in [4.78, 5) is 19.8. The number of fused-ring (bicyclic) bond motifs is 1. The van der Waals surface area contributed by atoms with Crippen LogP contribution < -0.4 is 10.2 Å². The fourth-order valence-corrected chi connectivity index (χ4v) is 2.72. The van der Waals surface area contributed by atoms with Gasteiger partial charge in [-0.3, -0.25) is 4.79 Å². The highest BCUT2D eigenvalue weighted by Gasteiger charge is 2.06. The van der Waals surface area contributed by atoms with Gasteiger partial charge in [0.05, 0.1) is 17.2 Å². The molecule has 0 saturated carbocycles. The second-order valence-electron chi connectivity index (χ2n) is 6.30. The van der Waals surface area contributed by atoms with Gasteiger partial charge in [-0.05, 0) is 66.2 Å². The number of carbonyl (C=O) groups is 1. The first kappa shape index (κ1) is 18.2. The number of aromatic hydroxyl groups is 1. The van der Waals surface area contributed by atoms with Gasteiger partial charge in [0.15, 0.2) is 0 Å². The van der Waals surface area contributed by atoms with Crippen molar-refractivity contribution in [2.45, 2.75) is 6.61 Å². The molecule has 0 unspecified atom stereocenters. The first-order valence-corrected chi connectivity index (χ1v) is 8.96. The molecular weight excluding hydrogens is 368 g/mol. The first-order valence-electron chi connectivity index (χ1n) is 8.96. The van der Waals surface area contributed by atoms with Crippen LogP contribution in [0.4, 0.5) is 0 Å². The summed E-state index contributed by atoms with van der Waals surface area (Å²) in [5.41, 5.74) is 5.55. The van der Waals surface area contributed by atoms with Gasteiger partial charge in [0.1, 0.15) is 23.9 Å². The standard InChI is InChI=1S/C22H18N4O3/c27-17-9-5-15(6-10-17)13-23-26-22(28)16-7-11-18(12-8-16)29-14-21-24-19-3-1-2-4-20(19)25-21/h1-13,27H,14H2,(H,24,25)(H,26,28). The van der Waals surface area contributed by atoms with Crippen LogP contribution in [0.15, 0.2) is 77.9 Å². The molecule has 0 aliphatic carbocycles. The fraction of sp³-hybridized carbons (Fsp3) is 0.0455. The molecular formula is C22H18N4O3. The number of hydrogen-bond acceptors (Lipinski definition) is 5. The van der Waals surface area contributed by atoms with E-state index >= 15 is 0 Å². The lowest BCUT2D eigenvalue weighted by atomic mass is 10.2. The summed E-state index contributed by atoms with van der Waals surface area (Å²) < 4.78 is 5.73. The van der Waals surface area contributed by atoms with E-state index in [1.165, 1.54) is 6.21 Å². The Morgan fingerprint density at radius 1 is 1.07 bits per heavy atom. The van der Waals surface area contributed by atoms with Gasteiger partial charge in [0, 0.05) is 5.56 Å². The van der Waals surface area contributed by atoms with Crippen molar-refractivity contribution in [3.05, 3.63) is 89.7 Å². The van der Waals surface area contributed by atoms with E-state index in [9.17, 15) is 9.90 Å². The zero-order valence-electron chi connectivity index (χ0n) is 15.4. The molecule has 0 spiro atoms. The SMILES string of the molecule is O=C(NN=Cc1ccc(O)cc1)c1ccc(OCc2nc3ccccc3[nH]2)cc1. The Labute approximate surface area is 166 Å². The summed E-state index contributed by atoms with van der Waals surface area (Å²) in [5, 5.41) is 13.2. The van der Waals surface area contributed by atoms with Gasteiger partial charge in [-0.1, -0.05) is 12.1 Å². The van der Waals surface area contributed by atoms with Gasteiger partial charge >= 0.3 is 0 Å². The first-order chi connectivity index (χ1) is 14.2. The molecule has 7 nitrogen and oxygen atoms in total. The number of amides is 1. The minimum absolute atomic E-state index is 0.175. The molecule has 0 aliphatic rings. The van der Waals surface area contributed by atoms with E-state index in [-0.39, 0.29) is 11.7 Å². The number of carbonyl (C=O) groups excluding carboxylic acids is 1. The van der Waals surface area contributed by atoms with Crippen molar-refractivity contribution >= 4 is 23.2 Å². The summed E-state index contributed by atoms with van der Waals surface area (Å²) in [6.07, 6.45) is 1.50. The van der Waals surface area contributed by atoms with E-state index in [1.807, 2.05) is 24.3 Å². The summed E-state index contributed by atoms with van der Waals surface area (Å²) in [5.74, 6) is 1.21. The lowest BCUT2D eigenvalue weighted by Gasteiger charge is -2.05. The summed E-state index contributed by atoms with van der Waals surface area (Å²) in [7, 11) is 0. The van der Waals surface area contributed by atoms with Crippen LogP contribution in [0, 0.1) is 0 Å². The zero-order valence-corrected chi connectivity index (χ0v) is 15.4. The number of hydrogen-bond donors (Lipinski definition) is 3. The predicted octanol–water partition coefficient (Wildman–Crippen LogP) is 3.61. The maximum absolute atomic E-state index is 12.2. The number of nitrogens with one attached hydrogen (secondary N) is 2. The molecule has 29 heavy (non-hydrogen) atoms. The molecule has 0 atom stereocenters. The molecule has 3 N–H and O–H groups in total. The summed E-state index contributed by atoms with van der Waals surface area (Å²) in [6, 6.07) is 21.0. The smallest absolute Gasteiger partial charge is 0.271 e. The van der Waals surface area contributed by atoms with Gasteiger partial charge in [0.25, 0.3) is 5.91 Å². The van der Waals surface area contributed by atoms with Crippen molar-refractivity contribution < 1.29 is 14.6 Å². The van der Waals surface area contributed by atoms with E-state index < -0.39 is 0 Å². The molecule has 0 radical (unpaired) electrons. The molecule has 7 heteroatoms. The van der Waals surface area contributed by atoms with Gasteiger partial charge < -0.3 is 14.8 Å². The third-order valence-electron chi connectivity index (χ3n) is 4.20. The van der Waals surface area contributed by atoms with Crippen LogP contribution in [0.3, 0.4) is 0 Å². The number of phenolic OH excluding ortho intramolecular Hbond substituents is 1. The maximum atomic E-state index is 12.2. The second-order valence-corrected chi connectivity index (χ2v) is 6.30. The highest BCUT2D eigenvalue weighted by atomic mass is 16.5. The number of nitrogens with zero attached hydrogens (tertiary/aromatic N) is 2. The van der Waals surface area contributed by atoms with Gasteiger partial charge in [-0.15, -0.1) is 0 Å². The lowest BCUT2D eigenvalue weighted by molar-refractivity contribution is 0.0955. The Morgan fingerprint density at radius 3 is 2.59 bits per heavy atom. The minimum atomic E-state index is -0.330. The molecule has 4 aromatic rings. The second kappa shape index (κ2) is 8.26. The van der Waals surface area contributed by atoms with Crippen LogP contribution in [0.25, 0.3) is 11.0 Å². The number of hydrazone groups is 1. The lowest BCUT2D eigenvalue weighted by Crippen LogP contribution is -2.17. The number of imidazole rings is 1. The molecule has 1 aromatic heterocycles. The van der Waals surface area contributed by atoms with Crippen molar-refractivity contribution in [1.82, 2.24) is 15.4 Å². The number of aromatic amines is 1. The molecule has 0 aliphatic heterocycles. The third-order valence-corrected chi connectivity index (χ3v) is 4.20. The average molecular weight is 386 g/mol. The average Bonchev–Trinajstić information content (AvgIpc) is 3.17. The van der Waals surface area contributed by atoms with Crippen LogP contribution in [-0.4, -0.2) is 27.2 Å². The van der Waals surface area contributed by atoms with Crippen molar-refractivity contribution in [1.29, 1.82) is 0 Å². The van der Waals surface area contributed by atoms with Crippen molar-refractivity contribution in [2.24, 2.45) is 5.10 Å². The molecule has 0 saturated heterocycles. The minimum Gasteiger partial charge on any atom is -0.508 e. The third kappa shape index (κ3) is 4.59. The molecule has 0 bridgehead atoms. The highest BCUT2D eigenvalue weighted by Crippen LogP contribution is 2.15. The number of para-hydroxylation sites is 2. The Hall–Kier alpha value is -4.13. The zero-order chi connectivity index (χ0) is 20.1. The predicted molar refractivity (Wildman–Crippen MR) is 110 cm³/mol. The maximum Gasteiger partial charge on any atom is 0.271 e. The largest absolute Gasteiger partial charge is 0.508 e. The normalized spacial score (nSPS) is 11.0. The topological polar surface area (TPSA) is 99.6 Å². The van der Waals surface area contributed by atoms with Crippen LogP contribution in [0.2, 0.25) is 0 Å². The van der Waals surface area contributed by atoms with Gasteiger partial charge in [0.2, 0.25) is 0 Å². The van der Waals surface area contributed by atoms with Crippen molar-refractivity contribution in [3.8, 4) is 11.5 Å². The summed E-state index contributed by atoms with van der Waals surface area (Å²) >= 11 is 0. The van der Waals surface area contributed by atoms with Crippen molar-refractivity contribution in [2.75, 3.05) is 0 Å². The number of phenols is 1.